The molecular formula is C18H25IN4O2S. The van der Waals surface area contributed by atoms with Gasteiger partial charge in [0, 0.05) is 38.2 Å². The first-order chi connectivity index (χ1) is 12.3. The van der Waals surface area contributed by atoms with Crippen molar-refractivity contribution in [1.29, 1.82) is 0 Å². The van der Waals surface area contributed by atoms with E-state index in [1.807, 2.05) is 18.2 Å². The van der Waals surface area contributed by atoms with Crippen molar-refractivity contribution in [2.45, 2.75) is 12.6 Å². The van der Waals surface area contributed by atoms with Gasteiger partial charge < -0.3 is 19.7 Å². The third-order valence-corrected chi connectivity index (χ3v) is 4.94. The van der Waals surface area contributed by atoms with Crippen molar-refractivity contribution >= 4 is 41.3 Å². The number of halogens is 1. The van der Waals surface area contributed by atoms with Crippen molar-refractivity contribution < 1.29 is 9.47 Å². The van der Waals surface area contributed by atoms with Crippen LogP contribution in [0.4, 0.5) is 0 Å². The van der Waals surface area contributed by atoms with Crippen LogP contribution in [0.5, 0.6) is 0 Å². The van der Waals surface area contributed by atoms with E-state index >= 15 is 0 Å². The lowest BCUT2D eigenvalue weighted by molar-refractivity contribution is -0.0447. The number of hydrogen-bond donors (Lipinski definition) is 1. The number of methoxy groups -OCH3 is 1. The fourth-order valence-electron chi connectivity index (χ4n) is 2.80. The Balaban J connectivity index is 0.00000243. The highest BCUT2D eigenvalue weighted by atomic mass is 127. The number of ether oxygens (including phenoxy) is 2. The number of rotatable bonds is 5. The number of benzene rings is 1. The second-order valence-electron chi connectivity index (χ2n) is 5.80. The van der Waals surface area contributed by atoms with Gasteiger partial charge in [-0.3, -0.25) is 4.99 Å². The van der Waals surface area contributed by atoms with Crippen LogP contribution in [0.15, 0.2) is 40.7 Å². The Bertz CT molecular complexity index is 694. The summed E-state index contributed by atoms with van der Waals surface area (Å²) >= 11 is 1.66. The highest BCUT2D eigenvalue weighted by Gasteiger charge is 2.22. The Labute approximate surface area is 175 Å². The summed E-state index contributed by atoms with van der Waals surface area (Å²) in [5, 5.41) is 6.54. The van der Waals surface area contributed by atoms with Gasteiger partial charge in [0.05, 0.1) is 31.6 Å². The van der Waals surface area contributed by atoms with Gasteiger partial charge in [0.25, 0.3) is 0 Å². The van der Waals surface area contributed by atoms with Crippen LogP contribution in [0.1, 0.15) is 5.69 Å². The molecule has 0 aliphatic carbocycles. The second-order valence-corrected chi connectivity index (χ2v) is 6.66. The smallest absolute Gasteiger partial charge is 0.194 e. The summed E-state index contributed by atoms with van der Waals surface area (Å²) in [6.45, 7) is 3.54. The summed E-state index contributed by atoms with van der Waals surface area (Å²) in [6, 6.07) is 10.2. The molecule has 8 heteroatoms. The Morgan fingerprint density at radius 1 is 1.42 bits per heavy atom. The van der Waals surface area contributed by atoms with E-state index in [4.69, 9.17) is 14.5 Å². The van der Waals surface area contributed by atoms with Gasteiger partial charge in [-0.2, -0.15) is 0 Å². The molecule has 0 saturated carbocycles. The van der Waals surface area contributed by atoms with Crippen LogP contribution in [-0.4, -0.2) is 62.4 Å². The molecule has 1 atom stereocenters. The minimum atomic E-state index is 0. The summed E-state index contributed by atoms with van der Waals surface area (Å²) in [4.78, 5) is 11.3. The zero-order chi connectivity index (χ0) is 17.5. The van der Waals surface area contributed by atoms with Crippen LogP contribution in [0.25, 0.3) is 10.6 Å². The number of guanidine groups is 1. The van der Waals surface area contributed by atoms with Gasteiger partial charge in [-0.1, -0.05) is 30.3 Å². The molecule has 6 nitrogen and oxygen atoms in total. The van der Waals surface area contributed by atoms with E-state index in [1.54, 1.807) is 25.5 Å². The maximum Gasteiger partial charge on any atom is 0.194 e. The lowest BCUT2D eigenvalue weighted by Gasteiger charge is -2.34. The van der Waals surface area contributed by atoms with E-state index in [1.165, 1.54) is 0 Å². The van der Waals surface area contributed by atoms with Gasteiger partial charge in [0.1, 0.15) is 5.01 Å². The van der Waals surface area contributed by atoms with Gasteiger partial charge >= 0.3 is 0 Å². The predicted octanol–water partition coefficient (Wildman–Crippen LogP) is 2.85. The van der Waals surface area contributed by atoms with Crippen LogP contribution in [0.3, 0.4) is 0 Å². The molecule has 1 aromatic heterocycles. The standard InChI is InChI=1S/C18H24N4O2S.HI/c1-19-18(22-8-9-24-16(11-22)12-23-2)20-10-15-13-25-17(21-15)14-6-4-3-5-7-14;/h3-7,13,16H,8-12H2,1-2H3,(H,19,20);1H. The maximum atomic E-state index is 5.70. The van der Waals surface area contributed by atoms with Gasteiger partial charge in [-0.05, 0) is 0 Å². The molecule has 1 saturated heterocycles. The lowest BCUT2D eigenvalue weighted by atomic mass is 10.2. The molecular weight excluding hydrogens is 463 g/mol. The number of morpholine rings is 1. The van der Waals surface area contributed by atoms with E-state index in [0.717, 1.165) is 35.3 Å². The van der Waals surface area contributed by atoms with Crippen LogP contribution in [-0.2, 0) is 16.0 Å². The van der Waals surface area contributed by atoms with E-state index in [2.05, 4.69) is 32.7 Å². The number of aromatic nitrogens is 1. The van der Waals surface area contributed by atoms with E-state index in [0.29, 0.717) is 19.8 Å². The van der Waals surface area contributed by atoms with Crippen LogP contribution < -0.4 is 5.32 Å². The third kappa shape index (κ3) is 5.63. The summed E-state index contributed by atoms with van der Waals surface area (Å²) in [7, 11) is 3.50. The van der Waals surface area contributed by atoms with Crippen molar-refractivity contribution in [1.82, 2.24) is 15.2 Å². The minimum absolute atomic E-state index is 0. The van der Waals surface area contributed by atoms with Crippen molar-refractivity contribution in [2.75, 3.05) is 40.5 Å². The minimum Gasteiger partial charge on any atom is -0.382 e. The molecule has 1 aliphatic heterocycles. The number of nitrogens with zero attached hydrogens (tertiary/aromatic N) is 3. The summed E-state index contributed by atoms with van der Waals surface area (Å²) in [5.41, 5.74) is 2.17. The first-order valence-corrected chi connectivity index (χ1v) is 9.24. The molecule has 0 spiro atoms. The SMILES string of the molecule is CN=C(NCc1csc(-c2ccccc2)n1)N1CCOC(COC)C1.I. The lowest BCUT2D eigenvalue weighted by Crippen LogP contribution is -2.51. The zero-order valence-electron chi connectivity index (χ0n) is 15.1. The zero-order valence-corrected chi connectivity index (χ0v) is 18.2. The van der Waals surface area contributed by atoms with E-state index < -0.39 is 0 Å². The van der Waals surface area contributed by atoms with Crippen LogP contribution in [0, 0.1) is 0 Å². The number of hydrogen-bond acceptors (Lipinski definition) is 5. The molecule has 142 valence electrons. The molecule has 3 rings (SSSR count). The quantitative estimate of drug-likeness (QED) is 0.399. The number of thiazole rings is 1. The van der Waals surface area contributed by atoms with Gasteiger partial charge in [-0.25, -0.2) is 4.98 Å². The molecule has 2 aromatic rings. The van der Waals surface area contributed by atoms with Gasteiger partial charge in [0.15, 0.2) is 5.96 Å². The molecule has 1 N–H and O–H groups in total. The van der Waals surface area contributed by atoms with Gasteiger partial charge in [0.2, 0.25) is 0 Å². The molecule has 1 aromatic carbocycles. The van der Waals surface area contributed by atoms with Gasteiger partial charge in [-0.15, -0.1) is 35.3 Å². The Kier molecular flexibility index (Phi) is 8.76. The average Bonchev–Trinajstić information content (AvgIpc) is 3.13. The Morgan fingerprint density at radius 2 is 2.23 bits per heavy atom. The first kappa shape index (κ1) is 21.1. The summed E-state index contributed by atoms with van der Waals surface area (Å²) in [6.07, 6.45) is 0.0845. The van der Waals surface area contributed by atoms with Crippen molar-refractivity contribution in [3.63, 3.8) is 0 Å². The topological polar surface area (TPSA) is 59.0 Å². The molecule has 26 heavy (non-hydrogen) atoms. The fourth-order valence-corrected chi connectivity index (χ4v) is 3.63. The fraction of sp³-hybridized carbons (Fsp3) is 0.444. The molecule has 0 radical (unpaired) electrons. The van der Waals surface area contributed by atoms with Crippen LogP contribution >= 0.6 is 35.3 Å². The van der Waals surface area contributed by atoms with Crippen LogP contribution in [0.2, 0.25) is 0 Å². The number of nitrogens with one attached hydrogen (secondary N) is 1. The Morgan fingerprint density at radius 3 is 2.96 bits per heavy atom. The highest BCUT2D eigenvalue weighted by Crippen LogP contribution is 2.23. The first-order valence-electron chi connectivity index (χ1n) is 8.36. The normalized spacial score (nSPS) is 17.7. The monoisotopic (exact) mass is 488 g/mol. The molecule has 1 unspecified atom stereocenters. The summed E-state index contributed by atoms with van der Waals surface area (Å²) < 4.78 is 10.9. The molecule has 2 heterocycles. The molecule has 0 amide bonds. The second kappa shape index (κ2) is 10.8. The largest absolute Gasteiger partial charge is 0.382 e. The van der Waals surface area contributed by atoms with Crippen molar-refractivity contribution in [2.24, 2.45) is 4.99 Å². The Hall–Kier alpha value is -1.23. The average molecular weight is 488 g/mol. The maximum absolute atomic E-state index is 5.70. The van der Waals surface area contributed by atoms with Crippen molar-refractivity contribution in [3.8, 4) is 10.6 Å². The molecule has 1 aliphatic rings. The third-order valence-electron chi connectivity index (χ3n) is 4.00. The molecule has 0 bridgehead atoms. The van der Waals surface area contributed by atoms with E-state index in [9.17, 15) is 0 Å². The summed E-state index contributed by atoms with van der Waals surface area (Å²) in [5.74, 6) is 0.874. The molecule has 1 fully saturated rings. The van der Waals surface area contributed by atoms with Crippen molar-refractivity contribution in [3.05, 3.63) is 41.4 Å². The predicted molar refractivity (Wildman–Crippen MR) is 116 cm³/mol. The van der Waals surface area contributed by atoms with E-state index in [-0.39, 0.29) is 30.1 Å². The number of aliphatic imine (C=N–C) groups is 1. The highest BCUT2D eigenvalue weighted by molar-refractivity contribution is 14.0.